The highest BCUT2D eigenvalue weighted by atomic mass is 35.5. The normalized spacial score (nSPS) is 14.4. The Labute approximate surface area is 235 Å². The zero-order valence-corrected chi connectivity index (χ0v) is 23.5. The van der Waals surface area contributed by atoms with Crippen LogP contribution < -0.4 is 5.73 Å². The van der Waals surface area contributed by atoms with Gasteiger partial charge in [0.2, 0.25) is 5.28 Å². The predicted molar refractivity (Wildman–Crippen MR) is 153 cm³/mol. The van der Waals surface area contributed by atoms with E-state index in [2.05, 4.69) is 22.1 Å². The molecule has 0 saturated carbocycles. The first-order valence-corrected chi connectivity index (χ1v) is 13.9. The average molecular weight is 566 g/mol. The summed E-state index contributed by atoms with van der Waals surface area (Å²) in [5, 5.41) is 0.825. The fraction of sp³-hybridized carbons (Fsp3) is 0.310. The van der Waals surface area contributed by atoms with Crippen LogP contribution in [0, 0.1) is 5.82 Å². The maximum Gasteiger partial charge on any atom is 0.410 e. The van der Waals surface area contributed by atoms with Crippen molar-refractivity contribution in [2.24, 2.45) is 0 Å². The Bertz CT molecular complexity index is 1490. The minimum Gasteiger partial charge on any atom is -0.444 e. The monoisotopic (exact) mass is 565 g/mol. The van der Waals surface area contributed by atoms with Crippen LogP contribution in [0.5, 0.6) is 0 Å². The zero-order valence-electron chi connectivity index (χ0n) is 21.9. The number of halogens is 2. The van der Waals surface area contributed by atoms with Crippen molar-refractivity contribution >= 4 is 34.7 Å². The van der Waals surface area contributed by atoms with Crippen molar-refractivity contribution in [1.82, 2.24) is 19.9 Å². The molecular formula is C29H29ClFN5O2S. The standard InChI is InChI=1S/C29H29ClFN5O2S/c1-29(2,3)38-28(37)36-15-12-18(13-16-36)17-7-9-19(10-8-17)26-35-24(20-5-4-6-21(32)23(20)31)25(39-26)22-11-14-33-27(30)34-22/h4-11,14,18H,12-13,15-16,32H2,1-3H3. The fourth-order valence-electron chi connectivity index (χ4n) is 4.61. The Morgan fingerprint density at radius 1 is 1.10 bits per heavy atom. The van der Waals surface area contributed by atoms with Gasteiger partial charge in [-0.2, -0.15) is 0 Å². The summed E-state index contributed by atoms with van der Waals surface area (Å²) < 4.78 is 20.6. The Morgan fingerprint density at radius 3 is 2.49 bits per heavy atom. The Kier molecular flexibility index (Phi) is 7.55. The van der Waals surface area contributed by atoms with E-state index in [1.807, 2.05) is 32.9 Å². The van der Waals surface area contributed by atoms with E-state index in [1.54, 1.807) is 29.3 Å². The van der Waals surface area contributed by atoms with Crippen LogP contribution in [0.2, 0.25) is 5.28 Å². The van der Waals surface area contributed by atoms with E-state index in [1.165, 1.54) is 23.0 Å². The van der Waals surface area contributed by atoms with Gasteiger partial charge in [-0.05, 0) is 74.9 Å². The van der Waals surface area contributed by atoms with Crippen molar-refractivity contribution in [1.29, 1.82) is 0 Å². The fourth-order valence-corrected chi connectivity index (χ4v) is 5.82. The Balaban J connectivity index is 1.39. The zero-order chi connectivity index (χ0) is 27.7. The Hall–Kier alpha value is -3.56. The number of carbonyl (C=O) groups is 1. The third kappa shape index (κ3) is 6.04. The van der Waals surface area contributed by atoms with Gasteiger partial charge >= 0.3 is 6.09 Å². The van der Waals surface area contributed by atoms with Gasteiger partial charge in [-0.3, -0.25) is 0 Å². The van der Waals surface area contributed by atoms with Gasteiger partial charge < -0.3 is 15.4 Å². The van der Waals surface area contributed by atoms with Crippen LogP contribution in [0.25, 0.3) is 32.4 Å². The molecule has 0 aliphatic carbocycles. The molecule has 4 aromatic rings. The molecule has 5 rings (SSSR count). The molecule has 7 nitrogen and oxygen atoms in total. The number of ether oxygens (including phenoxy) is 1. The molecule has 10 heteroatoms. The smallest absolute Gasteiger partial charge is 0.410 e. The summed E-state index contributed by atoms with van der Waals surface area (Å²) in [5.41, 5.74) is 8.84. The molecule has 1 fully saturated rings. The van der Waals surface area contributed by atoms with E-state index in [4.69, 9.17) is 27.1 Å². The van der Waals surface area contributed by atoms with Crippen molar-refractivity contribution in [3.63, 3.8) is 0 Å². The number of carbonyl (C=O) groups excluding carboxylic acids is 1. The van der Waals surface area contributed by atoms with Crippen LogP contribution >= 0.6 is 22.9 Å². The number of aromatic nitrogens is 3. The first-order valence-electron chi connectivity index (χ1n) is 12.7. The topological polar surface area (TPSA) is 94.2 Å². The average Bonchev–Trinajstić information content (AvgIpc) is 3.35. The van der Waals surface area contributed by atoms with Gasteiger partial charge in [-0.1, -0.05) is 30.3 Å². The van der Waals surface area contributed by atoms with Crippen LogP contribution in [-0.4, -0.2) is 44.6 Å². The highest BCUT2D eigenvalue weighted by molar-refractivity contribution is 7.18. The summed E-state index contributed by atoms with van der Waals surface area (Å²) in [6, 6.07) is 14.9. The highest BCUT2D eigenvalue weighted by Crippen LogP contribution is 2.42. The lowest BCUT2D eigenvalue weighted by molar-refractivity contribution is 0.0205. The van der Waals surface area contributed by atoms with Crippen LogP contribution in [0.4, 0.5) is 14.9 Å². The molecule has 39 heavy (non-hydrogen) atoms. The van der Waals surface area contributed by atoms with Gasteiger partial charge in [-0.25, -0.2) is 24.1 Å². The van der Waals surface area contributed by atoms with E-state index in [9.17, 15) is 4.79 Å². The first kappa shape index (κ1) is 27.0. The van der Waals surface area contributed by atoms with Gasteiger partial charge in [-0.15, -0.1) is 11.3 Å². The number of amides is 1. The number of nitrogens with two attached hydrogens (primary N) is 1. The second kappa shape index (κ2) is 10.9. The number of nitrogen functional groups attached to an aromatic ring is 1. The molecule has 0 radical (unpaired) electrons. The van der Waals surface area contributed by atoms with Gasteiger partial charge in [0.15, 0.2) is 5.82 Å². The minimum atomic E-state index is -0.524. The van der Waals surface area contributed by atoms with Gasteiger partial charge in [0.25, 0.3) is 0 Å². The van der Waals surface area contributed by atoms with E-state index < -0.39 is 11.4 Å². The lowest BCUT2D eigenvalue weighted by atomic mass is 9.89. The second-order valence-corrected chi connectivity index (χ2v) is 11.8. The molecule has 0 unspecified atom stereocenters. The number of hydrogen-bond donors (Lipinski definition) is 1. The molecule has 0 atom stereocenters. The summed E-state index contributed by atoms with van der Waals surface area (Å²) in [4.78, 5) is 28.0. The SMILES string of the molecule is CC(C)(C)OC(=O)N1CCC(c2ccc(-c3nc(-c4cccc(N)c4F)c(-c4ccnc(Cl)n4)s3)cc2)CC1. The summed E-state index contributed by atoms with van der Waals surface area (Å²) in [6.45, 7) is 6.95. The Morgan fingerprint density at radius 2 is 1.82 bits per heavy atom. The lowest BCUT2D eigenvalue weighted by Crippen LogP contribution is -2.41. The highest BCUT2D eigenvalue weighted by Gasteiger charge is 2.28. The molecule has 202 valence electrons. The van der Waals surface area contributed by atoms with E-state index in [0.29, 0.717) is 40.8 Å². The maximum absolute atomic E-state index is 15.0. The molecule has 0 bridgehead atoms. The third-order valence-corrected chi connectivity index (χ3v) is 7.85. The summed E-state index contributed by atoms with van der Waals surface area (Å²) in [7, 11) is 0. The number of thiazole rings is 1. The van der Waals surface area contributed by atoms with Crippen LogP contribution in [0.3, 0.4) is 0 Å². The van der Waals surface area contributed by atoms with Crippen molar-refractivity contribution in [2.75, 3.05) is 18.8 Å². The van der Waals surface area contributed by atoms with Crippen LogP contribution in [-0.2, 0) is 4.74 Å². The van der Waals surface area contributed by atoms with E-state index in [0.717, 1.165) is 23.4 Å². The van der Waals surface area contributed by atoms with Crippen molar-refractivity contribution in [3.8, 4) is 32.4 Å². The molecule has 2 N–H and O–H groups in total. The number of anilines is 1. The minimum absolute atomic E-state index is 0.0517. The van der Waals surface area contributed by atoms with Gasteiger partial charge in [0.1, 0.15) is 10.6 Å². The molecule has 1 amide bonds. The quantitative estimate of drug-likeness (QED) is 0.204. The van der Waals surface area contributed by atoms with Crippen LogP contribution in [0.15, 0.2) is 54.7 Å². The molecule has 1 saturated heterocycles. The van der Waals surface area contributed by atoms with Crippen LogP contribution in [0.1, 0.15) is 45.1 Å². The van der Waals surface area contributed by atoms with Crippen molar-refractivity contribution < 1.29 is 13.9 Å². The van der Waals surface area contributed by atoms with Gasteiger partial charge in [0, 0.05) is 30.4 Å². The molecule has 3 heterocycles. The molecule has 0 spiro atoms. The molecule has 2 aromatic carbocycles. The maximum atomic E-state index is 15.0. The number of rotatable bonds is 4. The van der Waals surface area contributed by atoms with E-state index >= 15 is 4.39 Å². The predicted octanol–water partition coefficient (Wildman–Crippen LogP) is 7.42. The summed E-state index contributed by atoms with van der Waals surface area (Å²) in [5.74, 6) is -0.173. The molecular weight excluding hydrogens is 537 g/mol. The van der Waals surface area contributed by atoms with E-state index in [-0.39, 0.29) is 17.1 Å². The summed E-state index contributed by atoms with van der Waals surface area (Å²) >= 11 is 7.47. The number of hydrogen-bond acceptors (Lipinski definition) is 7. The third-order valence-electron chi connectivity index (χ3n) is 6.55. The van der Waals surface area contributed by atoms with Crippen molar-refractivity contribution in [3.05, 3.63) is 71.4 Å². The summed E-state index contributed by atoms with van der Waals surface area (Å²) in [6.07, 6.45) is 3.04. The molecule has 1 aliphatic heterocycles. The lowest BCUT2D eigenvalue weighted by Gasteiger charge is -2.33. The second-order valence-electron chi connectivity index (χ2n) is 10.5. The number of benzene rings is 2. The largest absolute Gasteiger partial charge is 0.444 e. The molecule has 1 aliphatic rings. The van der Waals surface area contributed by atoms with Gasteiger partial charge in [0.05, 0.1) is 22.0 Å². The number of likely N-dealkylation sites (tertiary alicyclic amines) is 1. The van der Waals surface area contributed by atoms with Crippen molar-refractivity contribution in [2.45, 2.75) is 45.1 Å². The number of nitrogens with zero attached hydrogens (tertiary/aromatic N) is 4. The number of piperidine rings is 1. The molecule has 2 aromatic heterocycles. The first-order chi connectivity index (χ1) is 18.6.